The molecule has 0 aromatic rings. The molecule has 0 saturated heterocycles. The minimum Gasteiger partial charge on any atom is -0.429 e. The second-order valence-corrected chi connectivity index (χ2v) is 49.3. The summed E-state index contributed by atoms with van der Waals surface area (Å²) >= 11 is 0. The van der Waals surface area contributed by atoms with E-state index >= 15 is 0 Å². The van der Waals surface area contributed by atoms with Gasteiger partial charge in [0.25, 0.3) is 0 Å². The highest BCUT2D eigenvalue weighted by atomic mass is 28.4. The van der Waals surface area contributed by atoms with E-state index in [2.05, 4.69) is 9.47 Å². The second-order valence-electron chi connectivity index (χ2n) is 34.8. The molecule has 0 spiro atoms. The molecule has 0 amide bonds. The van der Waals surface area contributed by atoms with Gasteiger partial charge < -0.3 is 73.3 Å². The fourth-order valence-corrected chi connectivity index (χ4v) is 15.8. The van der Waals surface area contributed by atoms with Crippen LogP contribution in [-0.2, 0) is 73.3 Å². The Morgan fingerprint density at radius 2 is 0.592 bits per heavy atom. The Labute approximate surface area is 721 Å². The van der Waals surface area contributed by atoms with Gasteiger partial charge in [-0.15, -0.1) is 0 Å². The smallest absolute Gasteiger partial charge is 0.429 e. The Bertz CT molecular complexity index is 2570. The number of carbonyl (C=O) groups is 2. The molecule has 0 aromatic carbocycles. The van der Waals surface area contributed by atoms with E-state index in [1.54, 1.807) is 91.5 Å². The fraction of sp³-hybridized carbons (Fsp3) is 0.976. The van der Waals surface area contributed by atoms with Crippen LogP contribution >= 0.6 is 0 Å². The highest BCUT2D eigenvalue weighted by molar-refractivity contribution is 6.65. The van der Waals surface area contributed by atoms with Crippen molar-refractivity contribution in [3.63, 3.8) is 0 Å². The predicted octanol–water partition coefficient (Wildman–Crippen LogP) is 27.6. The molecule has 0 aromatic heterocycles. The Morgan fingerprint density at radius 1 is 0.333 bits per heavy atom. The van der Waals surface area contributed by atoms with Gasteiger partial charge in [0, 0.05) is 76.5 Å². The average Bonchev–Trinajstić information content (AvgIpc) is 1.26. The molecule has 8 bridgehead atoms. The summed E-state index contributed by atoms with van der Waals surface area (Å²) in [6.45, 7) is 30.5. The van der Waals surface area contributed by atoms with Gasteiger partial charge in [-0.05, 0) is 289 Å². The number of hydrogen-bond acceptors (Lipinski definition) is 18. The summed E-state index contributed by atoms with van der Waals surface area (Å²) in [5, 5.41) is 0. The van der Waals surface area contributed by atoms with E-state index in [0.29, 0.717) is 68.0 Å². The van der Waals surface area contributed by atoms with Crippen LogP contribution in [0.4, 0.5) is 75.4 Å². The molecule has 8 rings (SSSR count). The number of carbonyl (C=O) groups excluding carboxylic acids is 2. The molecule has 0 N–H and O–H groups in total. The molecule has 0 heterocycles. The van der Waals surface area contributed by atoms with E-state index in [-0.39, 0.29) is 122 Å². The minimum absolute atomic E-state index is 0. The zero-order valence-electron chi connectivity index (χ0n) is 71.5. The van der Waals surface area contributed by atoms with Crippen LogP contribution in [0.15, 0.2) is 0 Å². The normalized spacial score (nSPS) is 24.5. The summed E-state index contributed by atoms with van der Waals surface area (Å²) in [5.74, 6) is 2.72. The third kappa shape index (κ3) is 46.2. The predicted molar refractivity (Wildman–Crippen MR) is 457 cm³/mol. The first-order valence-electron chi connectivity index (χ1n) is 38.9. The number of hydrogen-bond donors (Lipinski definition) is 0. The molecular formula is C83H171F15O18Si4. The molecular weight excluding hydrogens is 1680 g/mol. The highest BCUT2D eigenvalue weighted by Gasteiger charge is 2.75. The van der Waals surface area contributed by atoms with Crippen molar-refractivity contribution in [1.29, 1.82) is 0 Å². The van der Waals surface area contributed by atoms with Crippen LogP contribution in [0.1, 0.15) is 257 Å². The Hall–Kier alpha value is -2.12. The maximum atomic E-state index is 13.5. The first kappa shape index (κ1) is 133. The Morgan fingerprint density at radius 3 is 0.808 bits per heavy atom. The molecule has 8 fully saturated rings. The van der Waals surface area contributed by atoms with Crippen LogP contribution in [0.5, 0.6) is 0 Å². The third-order valence-corrected chi connectivity index (χ3v) is 30.8. The molecule has 18 nitrogen and oxygen atoms in total. The summed E-state index contributed by atoms with van der Waals surface area (Å²) < 4.78 is 278. The molecule has 732 valence electrons. The molecule has 15 atom stereocenters. The molecule has 8 aliphatic rings. The highest BCUT2D eigenvalue weighted by Crippen LogP contribution is 2.59. The van der Waals surface area contributed by atoms with Gasteiger partial charge in [0.15, 0.2) is 11.7 Å². The Kier molecular flexibility index (Phi) is 62.6. The van der Waals surface area contributed by atoms with Crippen molar-refractivity contribution in [3.8, 4) is 0 Å². The van der Waals surface area contributed by atoms with Crippen molar-refractivity contribution in [2.45, 2.75) is 374 Å². The largest absolute Gasteiger partial charge is 0.510 e. The van der Waals surface area contributed by atoms with Crippen molar-refractivity contribution < 1.29 is 149 Å². The standard InChI is InChI=1S/C16H22F6O3.C16H25F3O3.C14H23F3O2.C13H21F3O2.4C4H12O2Si.8CH4/c1-13(2,3)24-12(23)25-14(15(17,18)19,16(20,21)22)8-11-7-9-4-5-10(11)6-9;1-14(2,3)21-13(20)22-15(4,16(17,18)19)9-12-8-10-5-6-11(12)7-10;1-3-18-9-19-13(2,14(15,16)17)8-12-7-10-4-5-11(12)6-10;1-2-17-8-18-12(13(14,15)16)7-11-6-9-3-4-10(11)5-9;4*1-5-7(3,4)6-2;;;;;;;;/h9-11H,4-8H2,1-3H3;10-12H,5-9H2,1-4H3;10-12H,3-9H2,1-2H3;9-12H,2-8H2,1H3;4*1-4H3;8*1H4. The molecule has 0 aliphatic heterocycles. The number of rotatable bonds is 26. The zero-order chi connectivity index (χ0) is 86.9. The lowest BCUT2D eigenvalue weighted by atomic mass is 9.79. The summed E-state index contributed by atoms with van der Waals surface area (Å²) in [6, 6.07) is 0. The van der Waals surface area contributed by atoms with Gasteiger partial charge in [0.2, 0.25) is 5.60 Å². The SMILES string of the molecule is C.C.C.C.C.C.C.C.CC(C)(C)OC(=O)OC(C)(CC1CC2CCC1C2)C(F)(F)F.CC(C)(C)OC(=O)OC(CC1CC2CCC1C2)(C(F)(F)F)C(F)(F)F.CCOCOC(C)(CC1CC2CCC1C2)C(F)(F)F.CCOCOC(CC1CC2CCC1C2)C(F)(F)F.CO[Si](C)(C)OC.CO[Si](C)(C)OC.CO[Si](C)(C)OC.CO[Si](C)(C)OC. The van der Waals surface area contributed by atoms with Gasteiger partial charge in [0.1, 0.15) is 24.8 Å². The van der Waals surface area contributed by atoms with Crippen molar-refractivity contribution in [2.75, 3.05) is 83.7 Å². The van der Waals surface area contributed by atoms with Gasteiger partial charge in [0.05, 0.1) is 0 Å². The molecule has 8 aliphatic carbocycles. The van der Waals surface area contributed by atoms with Gasteiger partial charge in [-0.25, -0.2) is 9.59 Å². The number of halogens is 15. The third-order valence-electron chi connectivity index (χ3n) is 22.9. The summed E-state index contributed by atoms with van der Waals surface area (Å²) in [6.07, 6.45) is -15.9. The topological polar surface area (TPSA) is 182 Å². The van der Waals surface area contributed by atoms with Crippen LogP contribution in [0.3, 0.4) is 0 Å². The van der Waals surface area contributed by atoms with E-state index in [1.165, 1.54) is 33.6 Å². The van der Waals surface area contributed by atoms with E-state index in [9.17, 15) is 75.4 Å². The maximum Gasteiger partial charge on any atom is 0.510 e. The van der Waals surface area contributed by atoms with Gasteiger partial charge in [-0.3, -0.25) is 0 Å². The molecule has 120 heavy (non-hydrogen) atoms. The second kappa shape index (κ2) is 56.4. The van der Waals surface area contributed by atoms with Crippen molar-refractivity contribution in [3.05, 3.63) is 0 Å². The number of alkyl halides is 15. The molecule has 0 radical (unpaired) electrons. The first-order valence-corrected chi connectivity index (χ1v) is 50.1. The van der Waals surface area contributed by atoms with Gasteiger partial charge >= 0.3 is 83.0 Å². The van der Waals surface area contributed by atoms with Crippen LogP contribution in [-0.4, -0.2) is 195 Å². The first-order chi connectivity index (χ1) is 50.9. The zero-order valence-corrected chi connectivity index (χ0v) is 75.5. The summed E-state index contributed by atoms with van der Waals surface area (Å²) in [7, 11) is 6.81. The fourth-order valence-electron chi connectivity index (χ4n) is 15.2. The molecule has 8 saturated carbocycles. The molecule has 37 heteroatoms. The van der Waals surface area contributed by atoms with Crippen LogP contribution in [0, 0.1) is 71.0 Å². The van der Waals surface area contributed by atoms with Crippen LogP contribution < -0.4 is 0 Å². The number of fused-ring (bicyclic) bond motifs is 8. The van der Waals surface area contributed by atoms with E-state index < -0.39 is 124 Å². The van der Waals surface area contributed by atoms with E-state index in [0.717, 1.165) is 84.5 Å². The monoisotopic (exact) mass is 1850 g/mol. The van der Waals surface area contributed by atoms with Crippen LogP contribution in [0.25, 0.3) is 0 Å². The molecule has 15 unspecified atom stereocenters. The lowest BCUT2D eigenvalue weighted by Gasteiger charge is -2.39. The van der Waals surface area contributed by atoms with Crippen LogP contribution in [0.2, 0.25) is 52.4 Å². The van der Waals surface area contributed by atoms with Crippen molar-refractivity contribution >= 4 is 46.6 Å². The van der Waals surface area contributed by atoms with Crippen molar-refractivity contribution in [2.24, 2.45) is 71.0 Å². The van der Waals surface area contributed by atoms with Crippen molar-refractivity contribution in [1.82, 2.24) is 0 Å². The minimum atomic E-state index is -5.79. The lowest BCUT2D eigenvalue weighted by Crippen LogP contribution is -2.61. The Balaban J connectivity index is -0.000000206. The van der Waals surface area contributed by atoms with E-state index in [1.807, 2.05) is 52.4 Å². The maximum absolute atomic E-state index is 13.5. The van der Waals surface area contributed by atoms with Gasteiger partial charge in [-0.1, -0.05) is 85.1 Å². The lowest BCUT2D eigenvalue weighted by molar-refractivity contribution is -0.374. The number of ether oxygens (including phenoxy) is 8. The van der Waals surface area contributed by atoms with Gasteiger partial charge in [-0.2, -0.15) is 65.9 Å². The average molecular weight is 1850 g/mol. The quantitative estimate of drug-likeness (QED) is 0.0262. The summed E-state index contributed by atoms with van der Waals surface area (Å²) in [5.41, 5.74) is -11.2. The van der Waals surface area contributed by atoms with E-state index in [4.69, 9.17) is 63.8 Å². The summed E-state index contributed by atoms with van der Waals surface area (Å²) in [4.78, 5) is 23.4.